The van der Waals surface area contributed by atoms with Gasteiger partial charge in [-0.2, -0.15) is 4.98 Å². The lowest BCUT2D eigenvalue weighted by molar-refractivity contribution is -0.117. The fourth-order valence-electron chi connectivity index (χ4n) is 1.58. The van der Waals surface area contributed by atoms with Gasteiger partial charge in [0.2, 0.25) is 11.9 Å². The zero-order valence-electron chi connectivity index (χ0n) is 8.35. The molecule has 0 saturated carbocycles. The van der Waals surface area contributed by atoms with Crippen LogP contribution in [-0.2, 0) is 11.8 Å². The molecule has 1 saturated heterocycles. The van der Waals surface area contributed by atoms with E-state index < -0.39 is 0 Å². The second kappa shape index (κ2) is 3.80. The van der Waals surface area contributed by atoms with Crippen molar-refractivity contribution in [1.29, 1.82) is 0 Å². The van der Waals surface area contributed by atoms with Gasteiger partial charge in [0.25, 0.3) is 5.95 Å². The van der Waals surface area contributed by atoms with Gasteiger partial charge < -0.3 is 5.73 Å². The SMILES string of the molecule is Cn1nc(N2CC(CBr)CC2=O)nc1N. The largest absolute Gasteiger partial charge is 0.368 e. The standard InChI is InChI=1S/C8H12BrN5O/c1-13-7(10)11-8(12-13)14-4-5(3-9)2-6(14)15/h5H,2-4H2,1H3,(H2,10,11,12). The van der Waals surface area contributed by atoms with E-state index in [9.17, 15) is 4.79 Å². The lowest BCUT2D eigenvalue weighted by Crippen LogP contribution is -2.26. The van der Waals surface area contributed by atoms with Crippen LogP contribution in [0.1, 0.15) is 6.42 Å². The highest BCUT2D eigenvalue weighted by molar-refractivity contribution is 9.09. The molecule has 1 unspecified atom stereocenters. The molecule has 82 valence electrons. The zero-order chi connectivity index (χ0) is 11.0. The zero-order valence-corrected chi connectivity index (χ0v) is 9.94. The smallest absolute Gasteiger partial charge is 0.253 e. The number of carbonyl (C=O) groups is 1. The van der Waals surface area contributed by atoms with Crippen LogP contribution in [0, 0.1) is 5.92 Å². The third-order valence-electron chi connectivity index (χ3n) is 2.45. The Kier molecular flexibility index (Phi) is 2.64. The summed E-state index contributed by atoms with van der Waals surface area (Å²) in [6.07, 6.45) is 0.545. The van der Waals surface area contributed by atoms with Crippen LogP contribution in [0.4, 0.5) is 11.9 Å². The number of alkyl halides is 1. The highest BCUT2D eigenvalue weighted by Gasteiger charge is 2.32. The summed E-state index contributed by atoms with van der Waals surface area (Å²) in [5, 5.41) is 4.90. The summed E-state index contributed by atoms with van der Waals surface area (Å²) in [4.78, 5) is 17.3. The fraction of sp³-hybridized carbons (Fsp3) is 0.625. The summed E-state index contributed by atoms with van der Waals surface area (Å²) in [7, 11) is 1.70. The van der Waals surface area contributed by atoms with Gasteiger partial charge in [0, 0.05) is 25.3 Å². The van der Waals surface area contributed by atoms with Crippen LogP contribution in [-0.4, -0.2) is 32.5 Å². The second-order valence-corrected chi connectivity index (χ2v) is 4.27. The predicted molar refractivity (Wildman–Crippen MR) is 59.7 cm³/mol. The molecule has 1 aromatic heterocycles. The first-order chi connectivity index (χ1) is 7.11. The van der Waals surface area contributed by atoms with Crippen LogP contribution in [0.25, 0.3) is 0 Å². The molecule has 0 aromatic carbocycles. The van der Waals surface area contributed by atoms with E-state index in [-0.39, 0.29) is 5.91 Å². The number of carbonyl (C=O) groups excluding carboxylic acids is 1. The lowest BCUT2D eigenvalue weighted by atomic mass is 10.2. The first kappa shape index (κ1) is 10.4. The summed E-state index contributed by atoms with van der Waals surface area (Å²) in [5.74, 6) is 1.12. The van der Waals surface area contributed by atoms with Gasteiger partial charge in [-0.25, -0.2) is 4.68 Å². The minimum Gasteiger partial charge on any atom is -0.368 e. The summed E-state index contributed by atoms with van der Waals surface area (Å²) in [5.41, 5.74) is 5.56. The number of aromatic nitrogens is 3. The number of nitrogens with two attached hydrogens (primary N) is 1. The van der Waals surface area contributed by atoms with Crippen molar-refractivity contribution in [2.45, 2.75) is 6.42 Å². The van der Waals surface area contributed by atoms with Crippen LogP contribution in [0.3, 0.4) is 0 Å². The number of halogens is 1. The van der Waals surface area contributed by atoms with Gasteiger partial charge in [0.05, 0.1) is 0 Å². The molecule has 2 N–H and O–H groups in total. The minimum absolute atomic E-state index is 0.0602. The summed E-state index contributed by atoms with van der Waals surface area (Å²) in [6.45, 7) is 0.660. The topological polar surface area (TPSA) is 77.0 Å². The Morgan fingerprint density at radius 1 is 1.67 bits per heavy atom. The molecule has 1 aliphatic heterocycles. The average Bonchev–Trinajstić information content (AvgIpc) is 2.71. The molecule has 2 rings (SSSR count). The van der Waals surface area contributed by atoms with Gasteiger partial charge in [-0.15, -0.1) is 5.10 Å². The third-order valence-corrected chi connectivity index (χ3v) is 3.37. The van der Waals surface area contributed by atoms with Crippen molar-refractivity contribution in [3.05, 3.63) is 0 Å². The van der Waals surface area contributed by atoms with E-state index in [1.807, 2.05) is 0 Å². The molecule has 1 atom stereocenters. The highest BCUT2D eigenvalue weighted by Crippen LogP contribution is 2.23. The Labute approximate surface area is 95.6 Å². The maximum atomic E-state index is 11.6. The Balaban J connectivity index is 2.21. The number of hydrogen-bond donors (Lipinski definition) is 1. The van der Waals surface area contributed by atoms with Crippen LogP contribution in [0.5, 0.6) is 0 Å². The van der Waals surface area contributed by atoms with Crippen LogP contribution in [0.2, 0.25) is 0 Å². The van der Waals surface area contributed by atoms with Gasteiger partial charge in [0.15, 0.2) is 0 Å². The maximum absolute atomic E-state index is 11.6. The van der Waals surface area contributed by atoms with Gasteiger partial charge >= 0.3 is 0 Å². The minimum atomic E-state index is 0.0602. The van der Waals surface area contributed by atoms with Crippen LogP contribution >= 0.6 is 15.9 Å². The fourth-order valence-corrected chi connectivity index (χ4v) is 2.01. The van der Waals surface area contributed by atoms with Crippen molar-refractivity contribution in [3.63, 3.8) is 0 Å². The molecular weight excluding hydrogens is 262 g/mol. The van der Waals surface area contributed by atoms with E-state index >= 15 is 0 Å². The van der Waals surface area contributed by atoms with E-state index in [2.05, 4.69) is 26.0 Å². The van der Waals surface area contributed by atoms with Crippen molar-refractivity contribution in [3.8, 4) is 0 Å². The van der Waals surface area contributed by atoms with E-state index in [1.165, 1.54) is 4.68 Å². The molecule has 0 spiro atoms. The molecule has 1 aromatic rings. The molecule has 0 bridgehead atoms. The highest BCUT2D eigenvalue weighted by atomic mass is 79.9. The number of aryl methyl sites for hydroxylation is 1. The number of hydrogen-bond acceptors (Lipinski definition) is 4. The molecule has 1 amide bonds. The molecule has 2 heterocycles. The van der Waals surface area contributed by atoms with Crippen LogP contribution < -0.4 is 10.6 Å². The van der Waals surface area contributed by atoms with Crippen molar-refractivity contribution >= 4 is 33.7 Å². The van der Waals surface area contributed by atoms with Crippen molar-refractivity contribution in [2.24, 2.45) is 13.0 Å². The van der Waals surface area contributed by atoms with Gasteiger partial charge in [0.1, 0.15) is 0 Å². The molecular formula is C8H12BrN5O. The Morgan fingerprint density at radius 3 is 2.87 bits per heavy atom. The summed E-state index contributed by atoms with van der Waals surface area (Å²) >= 11 is 3.37. The number of nitrogen functional groups attached to an aromatic ring is 1. The first-order valence-electron chi connectivity index (χ1n) is 4.64. The van der Waals surface area contributed by atoms with E-state index in [4.69, 9.17) is 5.73 Å². The molecule has 0 aliphatic carbocycles. The van der Waals surface area contributed by atoms with Crippen molar-refractivity contribution < 1.29 is 4.79 Å². The Morgan fingerprint density at radius 2 is 2.40 bits per heavy atom. The number of anilines is 2. The summed E-state index contributed by atoms with van der Waals surface area (Å²) in [6, 6.07) is 0. The molecule has 1 aliphatic rings. The van der Waals surface area contributed by atoms with Crippen LogP contribution in [0.15, 0.2) is 0 Å². The Hall–Kier alpha value is -1.11. The quantitative estimate of drug-likeness (QED) is 0.778. The van der Waals surface area contributed by atoms with Gasteiger partial charge in [-0.1, -0.05) is 15.9 Å². The normalized spacial score (nSPS) is 21.3. The van der Waals surface area contributed by atoms with Gasteiger partial charge in [-0.3, -0.25) is 9.69 Å². The third kappa shape index (κ3) is 1.83. The first-order valence-corrected chi connectivity index (χ1v) is 5.76. The molecule has 1 fully saturated rings. The molecule has 0 radical (unpaired) electrons. The number of rotatable bonds is 2. The number of nitrogens with zero attached hydrogens (tertiary/aromatic N) is 4. The van der Waals surface area contributed by atoms with E-state index in [0.29, 0.717) is 30.8 Å². The van der Waals surface area contributed by atoms with Crippen molar-refractivity contribution in [2.75, 3.05) is 22.5 Å². The second-order valence-electron chi connectivity index (χ2n) is 3.62. The number of amides is 1. The molecule has 6 nitrogen and oxygen atoms in total. The van der Waals surface area contributed by atoms with E-state index in [0.717, 1.165) is 5.33 Å². The van der Waals surface area contributed by atoms with Crippen molar-refractivity contribution in [1.82, 2.24) is 14.8 Å². The monoisotopic (exact) mass is 273 g/mol. The predicted octanol–water partition coefficient (Wildman–Crippen LogP) is 0.145. The average molecular weight is 274 g/mol. The molecule has 7 heteroatoms. The van der Waals surface area contributed by atoms with E-state index in [1.54, 1.807) is 11.9 Å². The lowest BCUT2D eigenvalue weighted by Gasteiger charge is -2.10. The van der Waals surface area contributed by atoms with Gasteiger partial charge in [-0.05, 0) is 5.92 Å². The maximum Gasteiger partial charge on any atom is 0.253 e. The molecule has 15 heavy (non-hydrogen) atoms. The Bertz CT molecular complexity index is 371. The summed E-state index contributed by atoms with van der Waals surface area (Å²) < 4.78 is 1.46.